The monoisotopic (exact) mass is 377 g/mol. The number of rotatable bonds is 3. The van der Waals surface area contributed by atoms with Crippen molar-refractivity contribution in [2.24, 2.45) is 0 Å². The minimum absolute atomic E-state index is 0.0422. The maximum atomic E-state index is 13.5. The molecule has 3 aromatic rings. The summed E-state index contributed by atoms with van der Waals surface area (Å²) in [7, 11) is 0. The predicted molar refractivity (Wildman–Crippen MR) is 103 cm³/mol. The molecule has 2 aromatic carbocycles. The smallest absolute Gasteiger partial charge is 0.262 e. The molecule has 0 saturated heterocycles. The van der Waals surface area contributed by atoms with Crippen molar-refractivity contribution in [1.82, 2.24) is 4.98 Å². The summed E-state index contributed by atoms with van der Waals surface area (Å²) in [5, 5.41) is 5.54. The molecular formula is C21H16FN3O3. The first-order chi connectivity index (χ1) is 13.5. The molecule has 6 nitrogen and oxygen atoms in total. The van der Waals surface area contributed by atoms with Gasteiger partial charge in [0.1, 0.15) is 11.6 Å². The number of benzene rings is 2. The Hall–Kier alpha value is -3.74. The predicted octanol–water partition coefficient (Wildman–Crippen LogP) is 3.78. The number of fused-ring (bicyclic) bond motifs is 1. The quantitative estimate of drug-likeness (QED) is 0.728. The van der Waals surface area contributed by atoms with E-state index in [1.807, 2.05) is 19.1 Å². The number of hydrogen-bond acceptors (Lipinski definition) is 4. The van der Waals surface area contributed by atoms with E-state index in [1.165, 1.54) is 6.07 Å². The number of nitrogens with zero attached hydrogens (tertiary/aromatic N) is 1. The van der Waals surface area contributed by atoms with Gasteiger partial charge in [-0.05, 0) is 48.4 Å². The van der Waals surface area contributed by atoms with E-state index in [4.69, 9.17) is 4.74 Å². The molecule has 0 fully saturated rings. The molecule has 1 aromatic heterocycles. The summed E-state index contributed by atoms with van der Waals surface area (Å²) in [5.41, 5.74) is 3.64. The lowest BCUT2D eigenvalue weighted by Crippen LogP contribution is -2.25. The van der Waals surface area contributed by atoms with Crippen molar-refractivity contribution < 1.29 is 18.7 Å². The highest BCUT2D eigenvalue weighted by Gasteiger charge is 2.18. The third kappa shape index (κ3) is 3.55. The lowest BCUT2D eigenvalue weighted by molar-refractivity contribution is -0.118. The molecule has 2 amide bonds. The number of amides is 2. The van der Waals surface area contributed by atoms with Gasteiger partial charge < -0.3 is 15.4 Å². The fourth-order valence-corrected chi connectivity index (χ4v) is 2.92. The number of ether oxygens (including phenoxy) is 1. The van der Waals surface area contributed by atoms with E-state index in [0.717, 1.165) is 17.3 Å². The van der Waals surface area contributed by atoms with Gasteiger partial charge in [0.25, 0.3) is 11.8 Å². The molecule has 0 spiro atoms. The summed E-state index contributed by atoms with van der Waals surface area (Å²) >= 11 is 0. The van der Waals surface area contributed by atoms with Crippen LogP contribution in [0.4, 0.5) is 15.8 Å². The molecule has 1 aliphatic rings. The molecular weight excluding hydrogens is 361 g/mol. The molecule has 0 saturated carbocycles. The Balaban J connectivity index is 1.60. The van der Waals surface area contributed by atoms with Crippen LogP contribution in [-0.4, -0.2) is 23.4 Å². The number of nitrogens with one attached hydrogen (secondary N) is 2. The highest BCUT2D eigenvalue weighted by Crippen LogP contribution is 2.30. The van der Waals surface area contributed by atoms with Gasteiger partial charge in [0.15, 0.2) is 6.61 Å². The molecule has 1 aliphatic heterocycles. The van der Waals surface area contributed by atoms with Crippen molar-refractivity contribution in [2.75, 3.05) is 17.2 Å². The van der Waals surface area contributed by atoms with E-state index >= 15 is 0 Å². The highest BCUT2D eigenvalue weighted by atomic mass is 19.1. The van der Waals surface area contributed by atoms with Gasteiger partial charge in [-0.15, -0.1) is 0 Å². The van der Waals surface area contributed by atoms with E-state index in [2.05, 4.69) is 15.6 Å². The Labute approximate surface area is 160 Å². The number of anilines is 2. The molecule has 0 unspecified atom stereocenters. The first-order valence-electron chi connectivity index (χ1n) is 8.59. The van der Waals surface area contributed by atoms with Gasteiger partial charge in [-0.3, -0.25) is 14.6 Å². The number of carbonyl (C=O) groups is 2. The molecule has 0 bridgehead atoms. The number of halogens is 1. The van der Waals surface area contributed by atoms with Crippen LogP contribution in [0, 0.1) is 12.7 Å². The SMILES string of the molecule is Cc1ccc(-c2cncc(F)c2)cc1NC(=O)c1ccc2c(c1)NC(=O)CO2. The summed E-state index contributed by atoms with van der Waals surface area (Å²) in [6.07, 6.45) is 2.70. The van der Waals surface area contributed by atoms with Crippen molar-refractivity contribution in [2.45, 2.75) is 6.92 Å². The van der Waals surface area contributed by atoms with Crippen LogP contribution < -0.4 is 15.4 Å². The Morgan fingerprint density at radius 3 is 2.82 bits per heavy atom. The minimum atomic E-state index is -0.429. The Morgan fingerprint density at radius 2 is 2.00 bits per heavy atom. The largest absolute Gasteiger partial charge is 0.482 e. The first kappa shape index (κ1) is 17.7. The van der Waals surface area contributed by atoms with Crippen molar-refractivity contribution in [1.29, 1.82) is 0 Å². The molecule has 140 valence electrons. The third-order valence-electron chi connectivity index (χ3n) is 4.40. The summed E-state index contributed by atoms with van der Waals surface area (Å²) in [6, 6.07) is 11.7. The maximum Gasteiger partial charge on any atom is 0.262 e. The lowest BCUT2D eigenvalue weighted by atomic mass is 10.0. The van der Waals surface area contributed by atoms with E-state index in [9.17, 15) is 14.0 Å². The Kier molecular flexibility index (Phi) is 4.49. The topological polar surface area (TPSA) is 80.3 Å². The van der Waals surface area contributed by atoms with Crippen molar-refractivity contribution >= 4 is 23.2 Å². The van der Waals surface area contributed by atoms with Crippen LogP contribution >= 0.6 is 0 Å². The van der Waals surface area contributed by atoms with Crippen LogP contribution in [0.2, 0.25) is 0 Å². The van der Waals surface area contributed by atoms with Gasteiger partial charge in [-0.25, -0.2) is 4.39 Å². The Morgan fingerprint density at radius 1 is 1.14 bits per heavy atom. The second-order valence-electron chi connectivity index (χ2n) is 6.42. The second kappa shape index (κ2) is 7.11. The number of hydrogen-bond donors (Lipinski definition) is 2. The molecule has 0 atom stereocenters. The van der Waals surface area contributed by atoms with Crippen molar-refractivity contribution in [3.8, 4) is 16.9 Å². The summed E-state index contributed by atoms with van der Waals surface area (Å²) in [4.78, 5) is 28.0. The molecule has 2 N–H and O–H groups in total. The summed E-state index contributed by atoms with van der Waals surface area (Å²) < 4.78 is 18.8. The Bertz CT molecular complexity index is 1100. The number of pyridine rings is 1. The number of aryl methyl sites for hydroxylation is 1. The zero-order valence-electron chi connectivity index (χ0n) is 15.0. The average Bonchev–Trinajstić information content (AvgIpc) is 2.69. The van der Waals surface area contributed by atoms with E-state index in [1.54, 1.807) is 30.5 Å². The van der Waals surface area contributed by atoms with Crippen LogP contribution in [-0.2, 0) is 4.79 Å². The molecule has 28 heavy (non-hydrogen) atoms. The summed E-state index contributed by atoms with van der Waals surface area (Å²) in [5.74, 6) is -0.507. The molecule has 2 heterocycles. The third-order valence-corrected chi connectivity index (χ3v) is 4.40. The zero-order valence-corrected chi connectivity index (χ0v) is 15.0. The zero-order chi connectivity index (χ0) is 19.7. The average molecular weight is 377 g/mol. The van der Waals surface area contributed by atoms with E-state index in [-0.39, 0.29) is 18.4 Å². The van der Waals surface area contributed by atoms with Gasteiger partial charge in [-0.2, -0.15) is 0 Å². The van der Waals surface area contributed by atoms with Gasteiger partial charge in [0.05, 0.1) is 11.9 Å². The van der Waals surface area contributed by atoms with Crippen molar-refractivity contribution in [3.63, 3.8) is 0 Å². The molecule has 7 heteroatoms. The van der Waals surface area contributed by atoms with E-state index in [0.29, 0.717) is 28.3 Å². The summed E-state index contributed by atoms with van der Waals surface area (Å²) in [6.45, 7) is 1.82. The number of aromatic nitrogens is 1. The van der Waals surface area contributed by atoms with Crippen LogP contribution in [0.3, 0.4) is 0 Å². The fraction of sp³-hybridized carbons (Fsp3) is 0.0952. The molecule has 0 aliphatic carbocycles. The van der Waals surface area contributed by atoms with E-state index < -0.39 is 5.82 Å². The maximum absolute atomic E-state index is 13.5. The van der Waals surface area contributed by atoms with Crippen LogP contribution in [0.5, 0.6) is 5.75 Å². The highest BCUT2D eigenvalue weighted by molar-refractivity contribution is 6.06. The van der Waals surface area contributed by atoms with Gasteiger partial charge in [-0.1, -0.05) is 12.1 Å². The molecule has 0 radical (unpaired) electrons. The van der Waals surface area contributed by atoms with Crippen molar-refractivity contribution in [3.05, 3.63) is 71.8 Å². The van der Waals surface area contributed by atoms with Gasteiger partial charge in [0, 0.05) is 23.0 Å². The van der Waals surface area contributed by atoms with Gasteiger partial charge >= 0.3 is 0 Å². The lowest BCUT2D eigenvalue weighted by Gasteiger charge is -2.18. The van der Waals surface area contributed by atoms with Crippen LogP contribution in [0.25, 0.3) is 11.1 Å². The second-order valence-corrected chi connectivity index (χ2v) is 6.42. The van der Waals surface area contributed by atoms with Crippen LogP contribution in [0.1, 0.15) is 15.9 Å². The fourth-order valence-electron chi connectivity index (χ4n) is 2.92. The first-order valence-corrected chi connectivity index (χ1v) is 8.59. The minimum Gasteiger partial charge on any atom is -0.482 e. The molecule has 4 rings (SSSR count). The normalized spacial score (nSPS) is 12.6. The van der Waals surface area contributed by atoms with Gasteiger partial charge in [0.2, 0.25) is 0 Å². The number of carbonyl (C=O) groups excluding carboxylic acids is 2. The van der Waals surface area contributed by atoms with Crippen LogP contribution in [0.15, 0.2) is 54.9 Å². The standard InChI is InChI=1S/C21H16FN3O3/c1-12-2-3-13(15-6-16(22)10-23-9-15)7-17(12)25-21(27)14-4-5-19-18(8-14)24-20(26)11-28-19/h2-10H,11H2,1H3,(H,24,26)(H,25,27).